The van der Waals surface area contributed by atoms with Crippen LogP contribution in [0, 0.1) is 17.5 Å². The monoisotopic (exact) mass is 394 g/mol. The van der Waals surface area contributed by atoms with E-state index in [1.54, 1.807) is 0 Å². The number of halogens is 3. The minimum absolute atomic E-state index is 0.00167. The normalized spacial score (nSPS) is 10.9. The third kappa shape index (κ3) is 3.59. The van der Waals surface area contributed by atoms with Gasteiger partial charge in [-0.1, -0.05) is 0 Å². The molecule has 0 atom stereocenters. The molecule has 28 heavy (non-hydrogen) atoms. The number of carbonyl (C=O) groups is 2. The average molecular weight is 394 g/mol. The summed E-state index contributed by atoms with van der Waals surface area (Å²) in [5, 5.41) is 8.12. The lowest BCUT2D eigenvalue weighted by Crippen LogP contribution is -2.17. The highest BCUT2D eigenvalue weighted by molar-refractivity contribution is 5.96. The Kier molecular flexibility index (Phi) is 5.16. The standard InChI is InChI=1S/C17H13F3N4O4/c1-28-17(27)9-7-24(6-8-15(9)22-23-16(8)26)5-4-12(25)21-11-3-2-10(18)13(19)14(11)20/h2-3,6-7H,4-5H2,1H3,(H,21,25)(H,23,26). The number of benzene rings is 1. The van der Waals surface area contributed by atoms with E-state index in [2.05, 4.69) is 20.3 Å². The van der Waals surface area contributed by atoms with Gasteiger partial charge in [-0.3, -0.25) is 9.59 Å². The first-order valence-corrected chi connectivity index (χ1v) is 7.91. The van der Waals surface area contributed by atoms with Crippen LogP contribution in [-0.2, 0) is 16.1 Å². The Morgan fingerprint density at radius 1 is 1.21 bits per heavy atom. The van der Waals surface area contributed by atoms with Crippen LogP contribution in [0.4, 0.5) is 18.9 Å². The number of carbonyl (C=O) groups excluding carboxylic acids is 2. The molecule has 0 spiro atoms. The lowest BCUT2D eigenvalue weighted by Gasteiger charge is -2.12. The summed E-state index contributed by atoms with van der Waals surface area (Å²) >= 11 is 0. The number of aromatic nitrogens is 3. The molecule has 0 saturated heterocycles. The number of esters is 1. The average Bonchev–Trinajstić information content (AvgIpc) is 3.06. The SMILES string of the molecule is COC(=O)c1cn(CCC(=O)Nc2ccc(F)c(F)c2F)cc2c(=O)[nH]nc1-2. The zero-order valence-electron chi connectivity index (χ0n) is 14.4. The molecule has 0 radical (unpaired) electrons. The third-order valence-corrected chi connectivity index (χ3v) is 3.93. The highest BCUT2D eigenvalue weighted by Crippen LogP contribution is 2.22. The zero-order valence-corrected chi connectivity index (χ0v) is 14.4. The topological polar surface area (TPSA) is 106 Å². The van der Waals surface area contributed by atoms with Crippen molar-refractivity contribution in [3.63, 3.8) is 0 Å². The third-order valence-electron chi connectivity index (χ3n) is 3.93. The first-order chi connectivity index (χ1) is 13.3. The lowest BCUT2D eigenvalue weighted by molar-refractivity contribution is -0.116. The maximum atomic E-state index is 13.6. The summed E-state index contributed by atoms with van der Waals surface area (Å²) in [6.45, 7) is 0.00167. The van der Waals surface area contributed by atoms with Crippen LogP contribution in [0.3, 0.4) is 0 Å². The van der Waals surface area contributed by atoms with Gasteiger partial charge in [0.2, 0.25) is 5.91 Å². The van der Waals surface area contributed by atoms with Gasteiger partial charge in [-0.15, -0.1) is 0 Å². The van der Waals surface area contributed by atoms with Crippen LogP contribution in [0.15, 0.2) is 29.3 Å². The van der Waals surface area contributed by atoms with E-state index in [0.29, 0.717) is 6.07 Å². The fraction of sp³-hybridized carbons (Fsp3) is 0.176. The Balaban J connectivity index is 1.78. The van der Waals surface area contributed by atoms with Crippen LogP contribution in [-0.4, -0.2) is 33.8 Å². The predicted molar refractivity (Wildman–Crippen MR) is 90.4 cm³/mol. The summed E-state index contributed by atoms with van der Waals surface area (Å²) in [5.41, 5.74) is -0.763. The Morgan fingerprint density at radius 2 is 1.96 bits per heavy atom. The van der Waals surface area contributed by atoms with Gasteiger partial charge in [0.05, 0.1) is 18.4 Å². The van der Waals surface area contributed by atoms with Gasteiger partial charge in [0.1, 0.15) is 11.3 Å². The highest BCUT2D eigenvalue weighted by atomic mass is 19.2. The van der Waals surface area contributed by atoms with E-state index in [1.807, 2.05) is 0 Å². The number of ether oxygens (including phenoxy) is 1. The van der Waals surface area contributed by atoms with Gasteiger partial charge < -0.3 is 14.6 Å². The molecule has 2 aliphatic heterocycles. The van der Waals surface area contributed by atoms with Gasteiger partial charge in [0.15, 0.2) is 17.5 Å². The number of anilines is 1. The fourth-order valence-electron chi connectivity index (χ4n) is 2.54. The Hall–Kier alpha value is -3.63. The number of hydrogen-bond acceptors (Lipinski definition) is 5. The summed E-state index contributed by atoms with van der Waals surface area (Å²) in [6.07, 6.45) is 2.53. The first kappa shape index (κ1) is 19.1. The number of fused-ring (bicyclic) bond motifs is 1. The number of nitrogens with one attached hydrogen (secondary N) is 2. The smallest absolute Gasteiger partial charge is 0.341 e. The molecule has 1 amide bonds. The van der Waals surface area contributed by atoms with Gasteiger partial charge in [-0.05, 0) is 12.1 Å². The summed E-state index contributed by atoms with van der Waals surface area (Å²) in [5.74, 6) is -5.98. The molecule has 0 aromatic heterocycles. The van der Waals surface area contributed by atoms with E-state index in [4.69, 9.17) is 0 Å². The van der Waals surface area contributed by atoms with Gasteiger partial charge in [-0.25, -0.2) is 23.1 Å². The lowest BCUT2D eigenvalue weighted by atomic mass is 10.1. The number of aryl methyl sites for hydroxylation is 1. The Morgan fingerprint density at radius 3 is 2.68 bits per heavy atom. The molecule has 0 unspecified atom stereocenters. The van der Waals surface area contributed by atoms with Gasteiger partial charge in [0, 0.05) is 25.4 Å². The van der Waals surface area contributed by atoms with Crippen molar-refractivity contribution in [2.24, 2.45) is 0 Å². The van der Waals surface area contributed by atoms with Crippen LogP contribution in [0.1, 0.15) is 16.8 Å². The van der Waals surface area contributed by atoms with Crippen molar-refractivity contribution in [1.29, 1.82) is 0 Å². The molecule has 0 bridgehead atoms. The molecule has 1 aromatic carbocycles. The zero-order chi connectivity index (χ0) is 20.4. The van der Waals surface area contributed by atoms with Crippen molar-refractivity contribution in [2.45, 2.75) is 13.0 Å². The summed E-state index contributed by atoms with van der Waals surface area (Å²) in [6, 6.07) is 1.59. The van der Waals surface area contributed by atoms with E-state index in [9.17, 15) is 27.6 Å². The second-order valence-electron chi connectivity index (χ2n) is 5.74. The molecule has 1 aromatic rings. The number of nitrogens with zero attached hydrogens (tertiary/aromatic N) is 2. The fourth-order valence-corrected chi connectivity index (χ4v) is 2.54. The molecule has 11 heteroatoms. The highest BCUT2D eigenvalue weighted by Gasteiger charge is 2.22. The van der Waals surface area contributed by atoms with Crippen LogP contribution in [0.2, 0.25) is 0 Å². The Labute approximate surface area is 155 Å². The van der Waals surface area contributed by atoms with Gasteiger partial charge >= 0.3 is 5.97 Å². The second-order valence-corrected chi connectivity index (χ2v) is 5.74. The molecule has 2 heterocycles. The molecule has 146 valence electrons. The number of methoxy groups -OCH3 is 1. The van der Waals surface area contributed by atoms with Crippen molar-refractivity contribution in [2.75, 3.05) is 12.4 Å². The van der Waals surface area contributed by atoms with Crippen LogP contribution in [0.5, 0.6) is 0 Å². The number of H-pyrrole nitrogens is 1. The van der Waals surface area contributed by atoms with E-state index < -0.39 is 40.6 Å². The molecule has 2 aliphatic rings. The summed E-state index contributed by atoms with van der Waals surface area (Å²) < 4.78 is 45.8. The minimum Gasteiger partial charge on any atom is -0.465 e. The number of pyridine rings is 1. The molecule has 2 N–H and O–H groups in total. The number of hydrogen-bond donors (Lipinski definition) is 2. The molecule has 0 fully saturated rings. The molecule has 0 aliphatic carbocycles. The van der Waals surface area contributed by atoms with Crippen LogP contribution in [0.25, 0.3) is 11.3 Å². The van der Waals surface area contributed by atoms with E-state index >= 15 is 0 Å². The molecule has 0 saturated carbocycles. The molecule has 8 nitrogen and oxygen atoms in total. The minimum atomic E-state index is -1.69. The quantitative estimate of drug-likeness (QED) is 0.508. The Bertz CT molecular complexity index is 1090. The molecule has 3 rings (SSSR count). The molecular weight excluding hydrogens is 381 g/mol. The van der Waals surface area contributed by atoms with Crippen molar-refractivity contribution < 1.29 is 27.5 Å². The maximum absolute atomic E-state index is 13.6. The summed E-state index contributed by atoms with van der Waals surface area (Å²) in [7, 11) is 1.17. The predicted octanol–water partition coefficient (Wildman–Crippen LogP) is 1.91. The van der Waals surface area contributed by atoms with E-state index in [0.717, 1.165) is 6.07 Å². The van der Waals surface area contributed by atoms with Gasteiger partial charge in [-0.2, -0.15) is 5.10 Å². The van der Waals surface area contributed by atoms with Gasteiger partial charge in [0.25, 0.3) is 5.56 Å². The van der Waals surface area contributed by atoms with E-state index in [-0.39, 0.29) is 29.8 Å². The second kappa shape index (κ2) is 7.55. The van der Waals surface area contributed by atoms with Crippen LogP contribution < -0.4 is 10.9 Å². The number of rotatable bonds is 5. The van der Waals surface area contributed by atoms with Crippen molar-refractivity contribution in [1.82, 2.24) is 14.8 Å². The van der Waals surface area contributed by atoms with E-state index in [1.165, 1.54) is 24.1 Å². The first-order valence-electron chi connectivity index (χ1n) is 7.91. The molecular formula is C17H13F3N4O4. The van der Waals surface area contributed by atoms with Crippen LogP contribution >= 0.6 is 0 Å². The van der Waals surface area contributed by atoms with Crippen molar-refractivity contribution in [3.05, 3.63) is 57.9 Å². The largest absolute Gasteiger partial charge is 0.465 e. The summed E-state index contributed by atoms with van der Waals surface area (Å²) in [4.78, 5) is 35.7. The van der Waals surface area contributed by atoms with Crippen molar-refractivity contribution in [3.8, 4) is 11.3 Å². The van der Waals surface area contributed by atoms with Crippen molar-refractivity contribution >= 4 is 17.6 Å². The number of aromatic amines is 1. The number of amides is 1. The maximum Gasteiger partial charge on any atom is 0.341 e.